The van der Waals surface area contributed by atoms with Crippen LogP contribution in [0.3, 0.4) is 0 Å². The Morgan fingerprint density at radius 3 is 2.52 bits per heavy atom. The van der Waals surface area contributed by atoms with E-state index in [2.05, 4.69) is 4.72 Å². The van der Waals surface area contributed by atoms with Crippen LogP contribution in [0.15, 0.2) is 46.7 Å². The normalized spacial score (nSPS) is 21.1. The third-order valence-corrected chi connectivity index (χ3v) is 6.36. The number of rotatable bonds is 5. The Hall–Kier alpha value is -1.77. The summed E-state index contributed by atoms with van der Waals surface area (Å²) < 4.78 is 26.9. The van der Waals surface area contributed by atoms with Crippen molar-refractivity contribution >= 4 is 26.4 Å². The van der Waals surface area contributed by atoms with Crippen molar-refractivity contribution < 1.29 is 13.3 Å². The lowest BCUT2D eigenvalue weighted by Crippen LogP contribution is -2.26. The van der Waals surface area contributed by atoms with E-state index in [9.17, 15) is 18.5 Å². The lowest BCUT2D eigenvalue weighted by atomic mass is 10.1. The number of benzene rings is 1. The van der Waals surface area contributed by atoms with Crippen molar-refractivity contribution in [2.75, 3.05) is 0 Å². The Bertz CT molecular complexity index is 770. The van der Waals surface area contributed by atoms with Gasteiger partial charge in [0.2, 0.25) is 0 Å². The van der Waals surface area contributed by atoms with E-state index in [1.54, 1.807) is 0 Å². The molecule has 1 N–H and O–H groups in total. The summed E-state index contributed by atoms with van der Waals surface area (Å²) >= 11 is 0.665. The Morgan fingerprint density at radius 2 is 1.90 bits per heavy atom. The van der Waals surface area contributed by atoms with Crippen LogP contribution in [-0.4, -0.2) is 19.4 Å². The van der Waals surface area contributed by atoms with Gasteiger partial charge in [-0.1, -0.05) is 30.3 Å². The van der Waals surface area contributed by atoms with Crippen LogP contribution >= 0.6 is 11.3 Å². The second kappa shape index (κ2) is 5.21. The molecule has 110 valence electrons. The molecular formula is C13H12N2O4S2. The largest absolute Gasteiger partial charge is 0.325 e. The number of nitro groups is 1. The molecule has 2 atom stereocenters. The van der Waals surface area contributed by atoms with Gasteiger partial charge in [0.25, 0.3) is 10.0 Å². The minimum absolute atomic E-state index is 0.0205. The summed E-state index contributed by atoms with van der Waals surface area (Å²) in [5.41, 5.74) is 1.10. The molecule has 1 fully saturated rings. The first-order chi connectivity index (χ1) is 9.97. The van der Waals surface area contributed by atoms with Gasteiger partial charge in [-0.3, -0.25) is 10.1 Å². The van der Waals surface area contributed by atoms with Crippen molar-refractivity contribution in [1.82, 2.24) is 4.72 Å². The molecule has 8 heteroatoms. The molecule has 1 aliphatic rings. The van der Waals surface area contributed by atoms with E-state index in [-0.39, 0.29) is 21.2 Å². The predicted molar refractivity (Wildman–Crippen MR) is 78.9 cm³/mol. The smallest absolute Gasteiger partial charge is 0.258 e. The van der Waals surface area contributed by atoms with E-state index in [0.29, 0.717) is 11.3 Å². The van der Waals surface area contributed by atoms with E-state index in [1.807, 2.05) is 30.3 Å². The molecule has 0 amide bonds. The Kier molecular flexibility index (Phi) is 3.52. The average molecular weight is 324 g/mol. The molecule has 2 aromatic rings. The van der Waals surface area contributed by atoms with Crippen LogP contribution in [0.2, 0.25) is 0 Å². The SMILES string of the molecule is O=[N+]([O-])c1ccc(S(=O)(=O)N[C@H]2C[C@@H]2c2ccccc2)s1. The molecule has 1 aromatic carbocycles. The summed E-state index contributed by atoms with van der Waals surface area (Å²) in [6, 6.07) is 12.0. The van der Waals surface area contributed by atoms with Crippen LogP contribution in [-0.2, 0) is 10.0 Å². The van der Waals surface area contributed by atoms with Crippen molar-refractivity contribution in [1.29, 1.82) is 0 Å². The average Bonchev–Trinajstić information content (AvgIpc) is 3.01. The maximum atomic E-state index is 12.2. The summed E-state index contributed by atoms with van der Waals surface area (Å²) in [7, 11) is -3.69. The first-order valence-electron chi connectivity index (χ1n) is 6.29. The molecule has 0 spiro atoms. The highest BCUT2D eigenvalue weighted by molar-refractivity contribution is 7.91. The van der Waals surface area contributed by atoms with Crippen molar-refractivity contribution in [3.05, 3.63) is 58.1 Å². The van der Waals surface area contributed by atoms with Gasteiger partial charge in [-0.2, -0.15) is 0 Å². The third kappa shape index (κ3) is 2.97. The van der Waals surface area contributed by atoms with Crippen LogP contribution in [0.25, 0.3) is 0 Å². The first kappa shape index (κ1) is 14.2. The fourth-order valence-corrected chi connectivity index (χ4v) is 4.62. The number of thiophene rings is 1. The zero-order chi connectivity index (χ0) is 15.0. The molecule has 0 bridgehead atoms. The van der Waals surface area contributed by atoms with Crippen LogP contribution in [0.4, 0.5) is 5.00 Å². The molecular weight excluding hydrogens is 312 g/mol. The van der Waals surface area contributed by atoms with E-state index < -0.39 is 14.9 Å². The predicted octanol–water partition coefficient (Wildman–Crippen LogP) is 2.49. The standard InChI is InChI=1S/C13H12N2O4S2/c16-15(17)12-6-7-13(20-12)21(18,19)14-11-8-10(11)9-4-2-1-3-5-9/h1-7,10-11,14H,8H2/t10-,11+/m1/s1. The van der Waals surface area contributed by atoms with Gasteiger partial charge in [-0.05, 0) is 29.4 Å². The van der Waals surface area contributed by atoms with Gasteiger partial charge in [0.15, 0.2) is 0 Å². The van der Waals surface area contributed by atoms with Crippen molar-refractivity contribution in [3.63, 3.8) is 0 Å². The Balaban J connectivity index is 1.71. The first-order valence-corrected chi connectivity index (χ1v) is 8.59. The highest BCUT2D eigenvalue weighted by Crippen LogP contribution is 2.42. The van der Waals surface area contributed by atoms with Gasteiger partial charge in [0.1, 0.15) is 4.21 Å². The fourth-order valence-electron chi connectivity index (χ4n) is 2.20. The van der Waals surface area contributed by atoms with Crippen LogP contribution in [0.5, 0.6) is 0 Å². The van der Waals surface area contributed by atoms with Crippen LogP contribution in [0, 0.1) is 10.1 Å². The van der Waals surface area contributed by atoms with Gasteiger partial charge < -0.3 is 0 Å². The van der Waals surface area contributed by atoms with E-state index in [4.69, 9.17) is 0 Å². The third-order valence-electron chi connectivity index (χ3n) is 3.34. The molecule has 1 aliphatic carbocycles. The lowest BCUT2D eigenvalue weighted by Gasteiger charge is -2.04. The molecule has 0 radical (unpaired) electrons. The number of nitrogens with one attached hydrogen (secondary N) is 1. The number of sulfonamides is 1. The van der Waals surface area contributed by atoms with Crippen LogP contribution in [0.1, 0.15) is 17.9 Å². The van der Waals surface area contributed by atoms with Crippen molar-refractivity contribution in [3.8, 4) is 0 Å². The van der Waals surface area contributed by atoms with E-state index in [1.165, 1.54) is 12.1 Å². The molecule has 3 rings (SSSR count). The summed E-state index contributed by atoms with van der Waals surface area (Å²) in [6.45, 7) is 0. The lowest BCUT2D eigenvalue weighted by molar-refractivity contribution is -0.380. The molecule has 0 aliphatic heterocycles. The van der Waals surface area contributed by atoms with E-state index in [0.717, 1.165) is 12.0 Å². The van der Waals surface area contributed by atoms with Gasteiger partial charge >= 0.3 is 5.00 Å². The summed E-state index contributed by atoms with van der Waals surface area (Å²) in [5, 5.41) is 10.4. The Labute approximate surface area is 125 Å². The summed E-state index contributed by atoms with van der Waals surface area (Å²) in [6.07, 6.45) is 0.747. The number of hydrogen-bond acceptors (Lipinski definition) is 5. The topological polar surface area (TPSA) is 89.3 Å². The highest BCUT2D eigenvalue weighted by Gasteiger charge is 2.41. The van der Waals surface area contributed by atoms with Gasteiger partial charge in [0, 0.05) is 18.0 Å². The maximum absolute atomic E-state index is 12.2. The maximum Gasteiger partial charge on any atom is 0.325 e. The zero-order valence-electron chi connectivity index (χ0n) is 10.8. The minimum Gasteiger partial charge on any atom is -0.258 e. The monoisotopic (exact) mass is 324 g/mol. The molecule has 6 nitrogen and oxygen atoms in total. The van der Waals surface area contributed by atoms with Crippen molar-refractivity contribution in [2.24, 2.45) is 0 Å². The molecule has 21 heavy (non-hydrogen) atoms. The van der Waals surface area contributed by atoms with Gasteiger partial charge in [0.05, 0.1) is 4.92 Å². The fraction of sp³-hybridized carbons (Fsp3) is 0.231. The van der Waals surface area contributed by atoms with Gasteiger partial charge in [-0.15, -0.1) is 0 Å². The summed E-state index contributed by atoms with van der Waals surface area (Å²) in [4.78, 5) is 10.0. The second-order valence-electron chi connectivity index (χ2n) is 4.83. The summed E-state index contributed by atoms with van der Waals surface area (Å²) in [5.74, 6) is 0.177. The molecule has 1 aromatic heterocycles. The van der Waals surface area contributed by atoms with Crippen molar-refractivity contribution in [2.45, 2.75) is 22.6 Å². The molecule has 0 unspecified atom stereocenters. The Morgan fingerprint density at radius 1 is 1.19 bits per heavy atom. The van der Waals surface area contributed by atoms with Gasteiger partial charge in [-0.25, -0.2) is 13.1 Å². The second-order valence-corrected chi connectivity index (χ2v) is 7.83. The minimum atomic E-state index is -3.69. The quantitative estimate of drug-likeness (QED) is 0.676. The molecule has 1 saturated carbocycles. The highest BCUT2D eigenvalue weighted by atomic mass is 32.2. The zero-order valence-corrected chi connectivity index (χ0v) is 12.4. The molecule has 1 heterocycles. The number of nitrogens with zero attached hydrogens (tertiary/aromatic N) is 1. The van der Waals surface area contributed by atoms with Crippen LogP contribution < -0.4 is 4.72 Å². The molecule has 0 saturated heterocycles. The number of hydrogen-bond donors (Lipinski definition) is 1. The van der Waals surface area contributed by atoms with E-state index >= 15 is 0 Å².